The zero-order valence-electron chi connectivity index (χ0n) is 13.0. The molecule has 0 heterocycles. The Balaban J connectivity index is 2.90. The highest BCUT2D eigenvalue weighted by Gasteiger charge is 2.17. The summed E-state index contributed by atoms with van der Waals surface area (Å²) in [4.78, 5) is 0. The van der Waals surface area contributed by atoms with Gasteiger partial charge < -0.3 is 10.2 Å². The van der Waals surface area contributed by atoms with Crippen LogP contribution in [-0.4, -0.2) is 10.2 Å². The minimum atomic E-state index is 0.342. The Hall–Kier alpha value is -1.96. The molecule has 2 aromatic carbocycles. The summed E-state index contributed by atoms with van der Waals surface area (Å²) in [6.07, 6.45) is 0. The number of aromatic hydroxyl groups is 2. The molecule has 0 spiro atoms. The van der Waals surface area contributed by atoms with Crippen LogP contribution in [0.2, 0.25) is 0 Å². The van der Waals surface area contributed by atoms with Gasteiger partial charge in [-0.05, 0) is 98.2 Å². The Bertz CT molecular complexity index is 636. The maximum Gasteiger partial charge on any atom is 0.119 e. The normalized spacial score (nSPS) is 10.9. The number of aryl methyl sites for hydroxylation is 2. The second-order valence-electron chi connectivity index (χ2n) is 5.68. The molecule has 0 aliphatic heterocycles. The van der Waals surface area contributed by atoms with E-state index >= 15 is 0 Å². The Kier molecular flexibility index (Phi) is 3.51. The van der Waals surface area contributed by atoms with E-state index in [1.165, 1.54) is 11.1 Å². The predicted octanol–water partition coefficient (Wildman–Crippen LogP) is 4.62. The molecule has 2 N–H and O–H groups in total. The van der Waals surface area contributed by atoms with Gasteiger partial charge in [0.25, 0.3) is 0 Å². The van der Waals surface area contributed by atoms with Crippen molar-refractivity contribution in [3.63, 3.8) is 0 Å². The molecule has 0 amide bonds. The van der Waals surface area contributed by atoms with Crippen LogP contribution in [0.5, 0.6) is 11.5 Å². The highest BCUT2D eigenvalue weighted by atomic mass is 16.3. The molecule has 20 heavy (non-hydrogen) atoms. The van der Waals surface area contributed by atoms with Gasteiger partial charge in [-0.1, -0.05) is 0 Å². The van der Waals surface area contributed by atoms with Crippen LogP contribution in [-0.2, 0) is 0 Å². The Morgan fingerprint density at radius 1 is 0.550 bits per heavy atom. The molecule has 0 fully saturated rings. The average molecular weight is 270 g/mol. The first-order valence-electron chi connectivity index (χ1n) is 6.85. The van der Waals surface area contributed by atoms with Gasteiger partial charge in [0.05, 0.1) is 0 Å². The zero-order valence-corrected chi connectivity index (χ0v) is 13.0. The number of phenols is 2. The van der Waals surface area contributed by atoms with Crippen molar-refractivity contribution < 1.29 is 10.2 Å². The molecule has 2 aromatic rings. The van der Waals surface area contributed by atoms with E-state index in [0.717, 1.165) is 33.4 Å². The van der Waals surface area contributed by atoms with Crippen LogP contribution in [0.1, 0.15) is 33.4 Å². The van der Waals surface area contributed by atoms with Gasteiger partial charge in [0.15, 0.2) is 0 Å². The van der Waals surface area contributed by atoms with E-state index in [-0.39, 0.29) is 0 Å². The second kappa shape index (κ2) is 4.86. The van der Waals surface area contributed by atoms with Crippen LogP contribution in [0.4, 0.5) is 0 Å². The highest BCUT2D eigenvalue weighted by molar-refractivity contribution is 5.80. The maximum absolute atomic E-state index is 9.95. The van der Waals surface area contributed by atoms with Crippen molar-refractivity contribution >= 4 is 0 Å². The van der Waals surface area contributed by atoms with Crippen LogP contribution in [0.3, 0.4) is 0 Å². The third-order valence-corrected chi connectivity index (χ3v) is 4.39. The molecule has 106 valence electrons. The fourth-order valence-electron chi connectivity index (χ4n) is 2.89. The number of benzene rings is 2. The summed E-state index contributed by atoms with van der Waals surface area (Å²) in [6, 6.07) is 3.64. The van der Waals surface area contributed by atoms with E-state index in [4.69, 9.17) is 0 Å². The molecular formula is C18H22O2. The summed E-state index contributed by atoms with van der Waals surface area (Å²) < 4.78 is 0. The van der Waals surface area contributed by atoms with Gasteiger partial charge in [0.1, 0.15) is 11.5 Å². The van der Waals surface area contributed by atoms with Crippen molar-refractivity contribution in [3.05, 3.63) is 45.5 Å². The van der Waals surface area contributed by atoms with E-state index in [0.29, 0.717) is 11.5 Å². The molecule has 2 nitrogen and oxygen atoms in total. The highest BCUT2D eigenvalue weighted by Crippen LogP contribution is 2.40. The number of phenolic OH excluding ortho intramolecular Hbond substituents is 2. The summed E-state index contributed by atoms with van der Waals surface area (Å²) in [6.45, 7) is 12.0. The number of hydrogen-bond acceptors (Lipinski definition) is 2. The lowest BCUT2D eigenvalue weighted by Crippen LogP contribution is -1.98. The van der Waals surface area contributed by atoms with Crippen molar-refractivity contribution in [1.29, 1.82) is 0 Å². The third kappa shape index (κ3) is 2.05. The topological polar surface area (TPSA) is 40.5 Å². The van der Waals surface area contributed by atoms with Crippen molar-refractivity contribution in [2.75, 3.05) is 0 Å². The Morgan fingerprint density at radius 3 is 1.15 bits per heavy atom. The van der Waals surface area contributed by atoms with Crippen LogP contribution in [0.25, 0.3) is 11.1 Å². The van der Waals surface area contributed by atoms with Gasteiger partial charge in [0.2, 0.25) is 0 Å². The molecular weight excluding hydrogens is 248 g/mol. The summed E-state index contributed by atoms with van der Waals surface area (Å²) in [5.74, 6) is 0.684. The van der Waals surface area contributed by atoms with Crippen molar-refractivity contribution in [1.82, 2.24) is 0 Å². The minimum Gasteiger partial charge on any atom is -0.508 e. The number of rotatable bonds is 1. The number of hydrogen-bond donors (Lipinski definition) is 2. The van der Waals surface area contributed by atoms with E-state index in [2.05, 4.69) is 0 Å². The first-order chi connectivity index (χ1) is 9.25. The third-order valence-electron chi connectivity index (χ3n) is 4.39. The summed E-state index contributed by atoms with van der Waals surface area (Å²) in [5, 5.41) is 19.9. The lowest BCUT2D eigenvalue weighted by atomic mass is 9.85. The van der Waals surface area contributed by atoms with Gasteiger partial charge >= 0.3 is 0 Å². The predicted molar refractivity (Wildman–Crippen MR) is 83.6 cm³/mol. The van der Waals surface area contributed by atoms with E-state index < -0.39 is 0 Å². The first-order valence-corrected chi connectivity index (χ1v) is 6.85. The standard InChI is InChI=1S/C18H22O2/c1-9-7-15(19)11(3)13(5)17(9)18-10(2)8-16(20)12(4)14(18)6/h7-8,19-20H,1-6H3. The second-order valence-corrected chi connectivity index (χ2v) is 5.68. The lowest BCUT2D eigenvalue weighted by molar-refractivity contribution is 0.469. The van der Waals surface area contributed by atoms with Crippen LogP contribution < -0.4 is 0 Å². The van der Waals surface area contributed by atoms with E-state index in [1.807, 2.05) is 53.7 Å². The van der Waals surface area contributed by atoms with E-state index in [9.17, 15) is 10.2 Å². The van der Waals surface area contributed by atoms with Crippen molar-refractivity contribution in [2.45, 2.75) is 41.5 Å². The monoisotopic (exact) mass is 270 g/mol. The fraction of sp³-hybridized carbons (Fsp3) is 0.333. The van der Waals surface area contributed by atoms with Gasteiger partial charge in [-0.15, -0.1) is 0 Å². The van der Waals surface area contributed by atoms with E-state index in [1.54, 1.807) is 0 Å². The first kappa shape index (κ1) is 14.4. The quantitative estimate of drug-likeness (QED) is 0.794. The summed E-state index contributed by atoms with van der Waals surface area (Å²) >= 11 is 0. The minimum absolute atomic E-state index is 0.342. The smallest absolute Gasteiger partial charge is 0.119 e. The van der Waals surface area contributed by atoms with Gasteiger partial charge in [-0.2, -0.15) is 0 Å². The Morgan fingerprint density at radius 2 is 0.850 bits per heavy atom. The van der Waals surface area contributed by atoms with Crippen molar-refractivity contribution in [2.24, 2.45) is 0 Å². The molecule has 0 aliphatic rings. The molecule has 0 atom stereocenters. The lowest BCUT2D eigenvalue weighted by Gasteiger charge is -2.20. The molecule has 0 aromatic heterocycles. The molecule has 0 saturated heterocycles. The SMILES string of the molecule is Cc1cc(O)c(C)c(C)c1-c1c(C)cc(O)c(C)c1C. The zero-order chi connectivity index (χ0) is 15.2. The maximum atomic E-state index is 9.95. The average Bonchev–Trinajstić information content (AvgIpc) is 2.37. The van der Waals surface area contributed by atoms with Crippen LogP contribution in [0.15, 0.2) is 12.1 Å². The van der Waals surface area contributed by atoms with Crippen molar-refractivity contribution in [3.8, 4) is 22.6 Å². The molecule has 2 rings (SSSR count). The molecule has 0 unspecified atom stereocenters. The molecule has 2 heteroatoms. The summed E-state index contributed by atoms with van der Waals surface area (Å²) in [5.41, 5.74) is 8.46. The Labute approximate surface area is 120 Å². The molecule has 0 bridgehead atoms. The fourth-order valence-corrected chi connectivity index (χ4v) is 2.89. The molecule has 0 radical (unpaired) electrons. The largest absolute Gasteiger partial charge is 0.508 e. The molecule has 0 saturated carbocycles. The summed E-state index contributed by atoms with van der Waals surface area (Å²) in [7, 11) is 0. The van der Waals surface area contributed by atoms with Crippen LogP contribution >= 0.6 is 0 Å². The molecule has 0 aliphatic carbocycles. The van der Waals surface area contributed by atoms with Gasteiger partial charge in [0, 0.05) is 0 Å². The van der Waals surface area contributed by atoms with Crippen LogP contribution in [0, 0.1) is 41.5 Å². The van der Waals surface area contributed by atoms with Gasteiger partial charge in [-0.25, -0.2) is 0 Å². The van der Waals surface area contributed by atoms with Gasteiger partial charge in [-0.3, -0.25) is 0 Å².